The lowest BCUT2D eigenvalue weighted by molar-refractivity contribution is -0.131. The topological polar surface area (TPSA) is 66.5 Å². The molecule has 0 radical (unpaired) electrons. The Bertz CT molecular complexity index is 670. The molecule has 6 heteroatoms. The van der Waals surface area contributed by atoms with E-state index in [1.807, 2.05) is 0 Å². The minimum atomic E-state index is -3.31. The van der Waals surface area contributed by atoms with E-state index in [0.29, 0.717) is 32.4 Å². The third-order valence-corrected chi connectivity index (χ3v) is 6.39. The molecule has 1 fully saturated rings. The van der Waals surface area contributed by atoms with Crippen LogP contribution in [-0.4, -0.2) is 44.6 Å². The van der Waals surface area contributed by atoms with Crippen molar-refractivity contribution in [3.8, 4) is 0 Å². The molecule has 0 saturated carbocycles. The van der Waals surface area contributed by atoms with Gasteiger partial charge in [0.1, 0.15) is 0 Å². The number of rotatable bonds is 5. The van der Waals surface area contributed by atoms with Gasteiger partial charge in [0.05, 0.1) is 5.25 Å². The zero-order chi connectivity index (χ0) is 17.0. The summed E-state index contributed by atoms with van der Waals surface area (Å²) in [5, 5.41) is -0.494. The van der Waals surface area contributed by atoms with Crippen LogP contribution in [0.25, 0.3) is 0 Å². The van der Waals surface area contributed by atoms with Gasteiger partial charge in [-0.25, -0.2) is 13.1 Å². The van der Waals surface area contributed by atoms with Crippen molar-refractivity contribution < 1.29 is 13.2 Å². The van der Waals surface area contributed by atoms with Gasteiger partial charge in [0, 0.05) is 19.5 Å². The van der Waals surface area contributed by atoms with E-state index in [-0.39, 0.29) is 5.91 Å². The number of carbonyl (C=O) groups is 1. The number of benzene rings is 1. The molecule has 1 aromatic rings. The van der Waals surface area contributed by atoms with Crippen molar-refractivity contribution in [1.82, 2.24) is 9.62 Å². The van der Waals surface area contributed by atoms with Crippen molar-refractivity contribution >= 4 is 15.9 Å². The third kappa shape index (κ3) is 4.54. The molecule has 1 atom stereocenters. The molecule has 1 amide bonds. The Morgan fingerprint density at radius 3 is 2.74 bits per heavy atom. The molecule has 1 aliphatic rings. The Labute approximate surface area is 139 Å². The summed E-state index contributed by atoms with van der Waals surface area (Å²) in [5.74, 6) is 0.0426. The van der Waals surface area contributed by atoms with Crippen LogP contribution < -0.4 is 4.72 Å². The molecule has 0 unspecified atom stereocenters. The molecular weight excluding hydrogens is 312 g/mol. The van der Waals surface area contributed by atoms with Gasteiger partial charge < -0.3 is 4.90 Å². The summed E-state index contributed by atoms with van der Waals surface area (Å²) < 4.78 is 26.2. The minimum Gasteiger partial charge on any atom is -0.341 e. The van der Waals surface area contributed by atoms with Crippen LogP contribution >= 0.6 is 0 Å². The Balaban J connectivity index is 1.95. The lowest BCUT2D eigenvalue weighted by Gasteiger charge is -2.32. The highest BCUT2D eigenvalue weighted by atomic mass is 32.2. The number of aryl methyl sites for hydroxylation is 3. The first-order valence-corrected chi connectivity index (χ1v) is 9.64. The highest BCUT2D eigenvalue weighted by Gasteiger charge is 2.31. The van der Waals surface area contributed by atoms with Crippen molar-refractivity contribution in [3.05, 3.63) is 34.9 Å². The molecule has 128 valence electrons. The van der Waals surface area contributed by atoms with E-state index in [2.05, 4.69) is 36.8 Å². The molecule has 23 heavy (non-hydrogen) atoms. The lowest BCUT2D eigenvalue weighted by atomic mass is 10.0. The van der Waals surface area contributed by atoms with E-state index < -0.39 is 15.3 Å². The Hall–Kier alpha value is -1.40. The van der Waals surface area contributed by atoms with Crippen LogP contribution in [0, 0.1) is 13.8 Å². The second-order valence-electron chi connectivity index (χ2n) is 6.28. The predicted molar refractivity (Wildman–Crippen MR) is 91.8 cm³/mol. The van der Waals surface area contributed by atoms with E-state index in [9.17, 15) is 13.2 Å². The zero-order valence-corrected chi connectivity index (χ0v) is 14.9. The summed E-state index contributed by atoms with van der Waals surface area (Å²) >= 11 is 0. The summed E-state index contributed by atoms with van der Waals surface area (Å²) in [5.41, 5.74) is 3.60. The van der Waals surface area contributed by atoms with Gasteiger partial charge in [0.25, 0.3) is 0 Å². The molecule has 2 rings (SSSR count). The molecule has 1 aliphatic heterocycles. The number of carbonyl (C=O) groups excluding carboxylic acids is 1. The monoisotopic (exact) mass is 338 g/mol. The van der Waals surface area contributed by atoms with Crippen molar-refractivity contribution in [2.24, 2.45) is 0 Å². The molecule has 0 aromatic heterocycles. The van der Waals surface area contributed by atoms with Crippen LogP contribution in [0.4, 0.5) is 0 Å². The lowest BCUT2D eigenvalue weighted by Crippen LogP contribution is -2.47. The number of hydrogen-bond donors (Lipinski definition) is 1. The molecule has 0 spiro atoms. The molecule has 1 N–H and O–H groups in total. The molecule has 1 aromatic carbocycles. The molecule has 0 bridgehead atoms. The summed E-state index contributed by atoms with van der Waals surface area (Å²) in [7, 11) is -1.88. The fraction of sp³-hybridized carbons (Fsp3) is 0.588. The summed E-state index contributed by atoms with van der Waals surface area (Å²) in [6, 6.07) is 6.25. The smallest absolute Gasteiger partial charge is 0.222 e. The maximum atomic E-state index is 12.4. The van der Waals surface area contributed by atoms with E-state index in [1.54, 1.807) is 4.90 Å². The number of nitrogens with one attached hydrogen (secondary N) is 1. The van der Waals surface area contributed by atoms with E-state index in [0.717, 1.165) is 6.42 Å². The van der Waals surface area contributed by atoms with Crippen molar-refractivity contribution in [2.45, 2.75) is 44.8 Å². The average Bonchev–Trinajstić information content (AvgIpc) is 2.54. The van der Waals surface area contributed by atoms with Gasteiger partial charge in [-0.3, -0.25) is 4.79 Å². The largest absolute Gasteiger partial charge is 0.341 e. The Kier molecular flexibility index (Phi) is 5.81. The van der Waals surface area contributed by atoms with Gasteiger partial charge in [-0.15, -0.1) is 0 Å². The number of likely N-dealkylation sites (tertiary alicyclic amines) is 1. The number of amides is 1. The first-order valence-electron chi connectivity index (χ1n) is 8.09. The normalized spacial score (nSPS) is 18.9. The van der Waals surface area contributed by atoms with Crippen LogP contribution in [0.2, 0.25) is 0 Å². The van der Waals surface area contributed by atoms with Crippen LogP contribution in [0.15, 0.2) is 18.2 Å². The third-order valence-electron chi connectivity index (χ3n) is 4.56. The Morgan fingerprint density at radius 1 is 1.35 bits per heavy atom. The van der Waals surface area contributed by atoms with E-state index >= 15 is 0 Å². The first-order chi connectivity index (χ1) is 10.8. The second kappa shape index (κ2) is 7.45. The van der Waals surface area contributed by atoms with Crippen LogP contribution in [0.1, 0.15) is 36.0 Å². The van der Waals surface area contributed by atoms with Gasteiger partial charge in [0.2, 0.25) is 15.9 Å². The highest BCUT2D eigenvalue weighted by molar-refractivity contribution is 7.90. The number of piperidine rings is 1. The maximum absolute atomic E-state index is 12.4. The molecule has 1 saturated heterocycles. The van der Waals surface area contributed by atoms with Gasteiger partial charge in [-0.2, -0.15) is 0 Å². The van der Waals surface area contributed by atoms with Crippen LogP contribution in [0.5, 0.6) is 0 Å². The molecule has 5 nitrogen and oxygen atoms in total. The fourth-order valence-corrected chi connectivity index (χ4v) is 4.30. The zero-order valence-electron chi connectivity index (χ0n) is 14.1. The van der Waals surface area contributed by atoms with Gasteiger partial charge >= 0.3 is 0 Å². The average molecular weight is 338 g/mol. The van der Waals surface area contributed by atoms with Crippen LogP contribution in [-0.2, 0) is 21.2 Å². The van der Waals surface area contributed by atoms with Gasteiger partial charge in [-0.05, 0) is 51.3 Å². The predicted octanol–water partition coefficient (Wildman–Crippen LogP) is 1.78. The Morgan fingerprint density at radius 2 is 2.09 bits per heavy atom. The quantitative estimate of drug-likeness (QED) is 0.890. The SMILES string of the molecule is CNS(=O)(=O)[C@@H]1CCCN(C(=O)CCc2ccc(C)cc2C)C1. The number of nitrogens with zero attached hydrogens (tertiary/aromatic N) is 1. The minimum absolute atomic E-state index is 0.0426. The summed E-state index contributed by atoms with van der Waals surface area (Å²) in [4.78, 5) is 14.1. The summed E-state index contributed by atoms with van der Waals surface area (Å²) in [6.07, 6.45) is 2.48. The number of hydrogen-bond acceptors (Lipinski definition) is 3. The van der Waals surface area contributed by atoms with Crippen molar-refractivity contribution in [3.63, 3.8) is 0 Å². The highest BCUT2D eigenvalue weighted by Crippen LogP contribution is 2.18. The van der Waals surface area contributed by atoms with E-state index in [1.165, 1.54) is 23.7 Å². The van der Waals surface area contributed by atoms with Gasteiger partial charge in [-0.1, -0.05) is 23.8 Å². The fourth-order valence-electron chi connectivity index (χ4n) is 3.11. The molecule has 1 heterocycles. The summed E-state index contributed by atoms with van der Waals surface area (Å²) in [6.45, 7) is 5.07. The number of sulfonamides is 1. The molecule has 0 aliphatic carbocycles. The standard InChI is InChI=1S/C17H26N2O3S/c1-13-6-7-15(14(2)11-13)8-9-17(20)19-10-4-5-16(12-19)23(21,22)18-3/h6-7,11,16,18H,4-5,8-10,12H2,1-3H3/t16-/m1/s1. The van der Waals surface area contributed by atoms with Crippen molar-refractivity contribution in [1.29, 1.82) is 0 Å². The van der Waals surface area contributed by atoms with E-state index in [4.69, 9.17) is 0 Å². The van der Waals surface area contributed by atoms with Crippen LogP contribution in [0.3, 0.4) is 0 Å². The maximum Gasteiger partial charge on any atom is 0.222 e. The van der Waals surface area contributed by atoms with Crippen molar-refractivity contribution in [2.75, 3.05) is 20.1 Å². The molecular formula is C17H26N2O3S. The first kappa shape index (κ1) is 17.9. The van der Waals surface area contributed by atoms with Gasteiger partial charge in [0.15, 0.2) is 0 Å². The second-order valence-corrected chi connectivity index (χ2v) is 8.45.